The number of amides is 1. The lowest BCUT2D eigenvalue weighted by Crippen LogP contribution is -2.57. The van der Waals surface area contributed by atoms with Crippen molar-refractivity contribution in [1.29, 1.82) is 0 Å². The van der Waals surface area contributed by atoms with Gasteiger partial charge < -0.3 is 9.80 Å². The maximum atomic E-state index is 13.1. The van der Waals surface area contributed by atoms with Gasteiger partial charge in [0.1, 0.15) is 11.7 Å². The van der Waals surface area contributed by atoms with E-state index in [0.717, 1.165) is 47.5 Å². The Kier molecular flexibility index (Phi) is 6.54. The first-order valence-corrected chi connectivity index (χ1v) is 11.6. The summed E-state index contributed by atoms with van der Waals surface area (Å²) >= 11 is 0. The summed E-state index contributed by atoms with van der Waals surface area (Å²) in [6.07, 6.45) is 14.2. The van der Waals surface area contributed by atoms with Gasteiger partial charge in [-0.15, -0.1) is 0 Å². The highest BCUT2D eigenvalue weighted by Crippen LogP contribution is 2.41. The van der Waals surface area contributed by atoms with Crippen LogP contribution in [0, 0.1) is 0 Å². The fourth-order valence-corrected chi connectivity index (χ4v) is 4.57. The highest BCUT2D eigenvalue weighted by atomic mass is 16.2. The minimum Gasteiger partial charge on any atom is -0.340 e. The third-order valence-electron chi connectivity index (χ3n) is 6.52. The van der Waals surface area contributed by atoms with Gasteiger partial charge in [0.25, 0.3) is 0 Å². The third kappa shape index (κ3) is 3.88. The van der Waals surface area contributed by atoms with Crippen molar-refractivity contribution in [3.8, 4) is 0 Å². The predicted molar refractivity (Wildman–Crippen MR) is 133 cm³/mol. The smallest absolute Gasteiger partial charge is 0.249 e. The number of benzene rings is 1. The number of hydrogen-bond acceptors (Lipinski definition) is 4. The molecule has 0 bridgehead atoms. The average molecular weight is 429 g/mol. The lowest BCUT2D eigenvalue weighted by Gasteiger charge is -2.47. The number of carbonyl (C=O) groups excluding carboxylic acids is 1. The van der Waals surface area contributed by atoms with Gasteiger partial charge in [0.2, 0.25) is 5.91 Å². The Hall–Kier alpha value is -3.21. The van der Waals surface area contributed by atoms with Gasteiger partial charge >= 0.3 is 0 Å². The summed E-state index contributed by atoms with van der Waals surface area (Å²) in [5, 5.41) is 0. The molecule has 5 nitrogen and oxygen atoms in total. The van der Waals surface area contributed by atoms with Crippen LogP contribution in [0.1, 0.15) is 57.8 Å². The zero-order valence-corrected chi connectivity index (χ0v) is 19.5. The molecule has 2 aliphatic rings. The summed E-state index contributed by atoms with van der Waals surface area (Å²) in [5.74, 6) is 1.69. The molecule has 166 valence electrons. The van der Waals surface area contributed by atoms with Gasteiger partial charge in [-0.2, -0.15) is 0 Å². The van der Waals surface area contributed by atoms with E-state index < -0.39 is 0 Å². The Morgan fingerprint density at radius 3 is 2.50 bits per heavy atom. The molecule has 0 saturated heterocycles. The predicted octanol–water partition coefficient (Wildman–Crippen LogP) is 5.65. The second-order valence-corrected chi connectivity index (χ2v) is 8.39. The monoisotopic (exact) mass is 428 g/mol. The molecule has 1 aromatic carbocycles. The fraction of sp³-hybridized carbons (Fsp3) is 0.370. The van der Waals surface area contributed by atoms with Crippen molar-refractivity contribution in [2.45, 2.75) is 58.5 Å². The van der Waals surface area contributed by atoms with Gasteiger partial charge in [-0.3, -0.25) is 4.79 Å². The van der Waals surface area contributed by atoms with Crippen LogP contribution in [-0.2, 0) is 4.79 Å². The Balaban J connectivity index is 1.86. The van der Waals surface area contributed by atoms with Gasteiger partial charge in [-0.1, -0.05) is 61.6 Å². The van der Waals surface area contributed by atoms with Crippen LogP contribution in [0.25, 0.3) is 11.1 Å². The zero-order chi connectivity index (χ0) is 22.7. The van der Waals surface area contributed by atoms with Crippen LogP contribution in [0.3, 0.4) is 0 Å². The number of allylic oxidation sites excluding steroid dienone is 6. The van der Waals surface area contributed by atoms with E-state index >= 15 is 0 Å². The molecule has 5 heteroatoms. The molecular formula is C27H32N4O. The van der Waals surface area contributed by atoms with Crippen LogP contribution in [0.2, 0.25) is 0 Å². The number of rotatable bonds is 6. The van der Waals surface area contributed by atoms with E-state index in [-0.39, 0.29) is 11.9 Å². The van der Waals surface area contributed by atoms with Crippen LogP contribution in [-0.4, -0.2) is 35.0 Å². The van der Waals surface area contributed by atoms with Crippen molar-refractivity contribution in [2.75, 3.05) is 16.8 Å². The third-order valence-corrected chi connectivity index (χ3v) is 6.52. The van der Waals surface area contributed by atoms with E-state index in [9.17, 15) is 4.79 Å². The standard InChI is InChI=1S/C27H32N4O/c1-5-8-17-22(21(6-2)19-13-10-9-11-14-19)25-28-18-24-26(29-25)31(20-15-12-16-20)23(7-3)27(32)30(24)4/h5-6,8-11,13-14,17-18,20,23H,7,12,15-16H2,1-4H3. The highest BCUT2D eigenvalue weighted by Gasteiger charge is 2.42. The van der Waals surface area contributed by atoms with Crippen LogP contribution in [0.15, 0.2) is 60.8 Å². The molecule has 1 unspecified atom stereocenters. The van der Waals surface area contributed by atoms with Crippen molar-refractivity contribution in [3.63, 3.8) is 0 Å². The molecule has 2 aromatic rings. The Morgan fingerprint density at radius 2 is 1.91 bits per heavy atom. The number of likely N-dealkylation sites (N-methyl/N-ethyl adjacent to an activating group) is 1. The summed E-state index contributed by atoms with van der Waals surface area (Å²) in [7, 11) is 1.84. The first-order valence-electron chi connectivity index (χ1n) is 11.6. The molecule has 1 atom stereocenters. The van der Waals surface area contributed by atoms with Gasteiger partial charge in [0.05, 0.1) is 6.20 Å². The summed E-state index contributed by atoms with van der Waals surface area (Å²) in [6.45, 7) is 6.13. The quantitative estimate of drug-likeness (QED) is 0.558. The van der Waals surface area contributed by atoms with E-state index in [2.05, 4.69) is 36.1 Å². The number of nitrogens with zero attached hydrogens (tertiary/aromatic N) is 4. The first kappa shape index (κ1) is 22.0. The van der Waals surface area contributed by atoms with Crippen LogP contribution in [0.4, 0.5) is 11.5 Å². The minimum atomic E-state index is -0.168. The molecule has 2 heterocycles. The first-order chi connectivity index (χ1) is 15.6. The normalized spacial score (nSPS) is 20.0. The largest absolute Gasteiger partial charge is 0.340 e. The van der Waals surface area contributed by atoms with Gasteiger partial charge in [0.15, 0.2) is 11.6 Å². The number of aromatic nitrogens is 2. The molecule has 1 aliphatic carbocycles. The fourth-order valence-electron chi connectivity index (χ4n) is 4.57. The van der Waals surface area contributed by atoms with Crippen molar-refractivity contribution in [3.05, 3.63) is 72.2 Å². The molecule has 1 saturated carbocycles. The topological polar surface area (TPSA) is 49.3 Å². The Morgan fingerprint density at radius 1 is 1.16 bits per heavy atom. The van der Waals surface area contributed by atoms with Crippen LogP contribution >= 0.6 is 0 Å². The highest BCUT2D eigenvalue weighted by molar-refractivity contribution is 6.06. The minimum absolute atomic E-state index is 0.131. The molecule has 4 rings (SSSR count). The van der Waals surface area contributed by atoms with E-state index in [1.54, 1.807) is 4.90 Å². The molecule has 32 heavy (non-hydrogen) atoms. The van der Waals surface area contributed by atoms with E-state index in [0.29, 0.717) is 11.9 Å². The molecular weight excluding hydrogens is 396 g/mol. The lowest BCUT2D eigenvalue weighted by molar-refractivity contribution is -0.120. The lowest BCUT2D eigenvalue weighted by atomic mass is 9.88. The second kappa shape index (κ2) is 9.51. The van der Waals surface area contributed by atoms with Crippen molar-refractivity contribution in [1.82, 2.24) is 9.97 Å². The Labute approximate surface area is 191 Å². The summed E-state index contributed by atoms with van der Waals surface area (Å²) < 4.78 is 0. The van der Waals surface area contributed by atoms with Crippen LogP contribution < -0.4 is 9.80 Å². The molecule has 1 fully saturated rings. The number of fused-ring (bicyclic) bond motifs is 1. The summed E-state index contributed by atoms with van der Waals surface area (Å²) in [5.41, 5.74) is 3.98. The molecule has 1 aliphatic heterocycles. The molecule has 0 N–H and O–H groups in total. The molecule has 0 spiro atoms. The van der Waals surface area contributed by atoms with Crippen LogP contribution in [0.5, 0.6) is 0 Å². The van der Waals surface area contributed by atoms with Crippen molar-refractivity contribution < 1.29 is 4.79 Å². The van der Waals surface area contributed by atoms with Crippen molar-refractivity contribution >= 4 is 28.6 Å². The second-order valence-electron chi connectivity index (χ2n) is 8.39. The van der Waals surface area contributed by atoms with Gasteiger partial charge in [0, 0.05) is 18.7 Å². The number of carbonyl (C=O) groups is 1. The van der Waals surface area contributed by atoms with Gasteiger partial charge in [-0.05, 0) is 50.7 Å². The van der Waals surface area contributed by atoms with Crippen molar-refractivity contribution in [2.24, 2.45) is 0 Å². The maximum absolute atomic E-state index is 13.1. The van der Waals surface area contributed by atoms with E-state index in [1.165, 1.54) is 6.42 Å². The summed E-state index contributed by atoms with van der Waals surface area (Å²) in [6, 6.07) is 10.5. The molecule has 0 radical (unpaired) electrons. The number of hydrogen-bond donors (Lipinski definition) is 0. The molecule has 1 amide bonds. The summed E-state index contributed by atoms with van der Waals surface area (Å²) in [4.78, 5) is 26.9. The number of anilines is 2. The average Bonchev–Trinajstić information content (AvgIpc) is 2.79. The SMILES string of the molecule is CC=CC=C(C(=CC)c1ccccc1)c1ncc2c(n1)N(C1CCC1)C(CC)C(=O)N2C. The zero-order valence-electron chi connectivity index (χ0n) is 19.5. The Bertz CT molecular complexity index is 1070. The van der Waals surface area contributed by atoms with Gasteiger partial charge in [-0.25, -0.2) is 9.97 Å². The maximum Gasteiger partial charge on any atom is 0.249 e. The van der Waals surface area contributed by atoms with E-state index in [4.69, 9.17) is 9.97 Å². The molecule has 1 aromatic heterocycles. The van der Waals surface area contributed by atoms with E-state index in [1.807, 2.05) is 57.4 Å².